The second kappa shape index (κ2) is 6.71. The van der Waals surface area contributed by atoms with Crippen LogP contribution in [0.5, 0.6) is 0 Å². The molecule has 1 aromatic rings. The van der Waals surface area contributed by atoms with Crippen molar-refractivity contribution >= 4 is 11.6 Å². The van der Waals surface area contributed by atoms with Gasteiger partial charge in [0.1, 0.15) is 0 Å². The molecule has 0 aliphatic carbocycles. The molecule has 0 saturated carbocycles. The Morgan fingerprint density at radius 3 is 2.47 bits per heavy atom. The van der Waals surface area contributed by atoms with Crippen LogP contribution in [0.25, 0.3) is 0 Å². The molecule has 0 spiro atoms. The highest BCUT2D eigenvalue weighted by molar-refractivity contribution is 5.93. The third-order valence-electron chi connectivity index (χ3n) is 3.23. The van der Waals surface area contributed by atoms with Crippen LogP contribution in [0.1, 0.15) is 46.6 Å². The van der Waals surface area contributed by atoms with Crippen molar-refractivity contribution in [3.63, 3.8) is 0 Å². The number of amides is 1. The highest BCUT2D eigenvalue weighted by atomic mass is 16.1. The van der Waals surface area contributed by atoms with Gasteiger partial charge in [-0.2, -0.15) is 0 Å². The number of rotatable bonds is 5. The zero-order valence-corrected chi connectivity index (χ0v) is 12.7. The summed E-state index contributed by atoms with van der Waals surface area (Å²) < 4.78 is 0. The number of carbonyl (C=O) groups excluding carboxylic acids is 1. The van der Waals surface area contributed by atoms with Crippen molar-refractivity contribution in [3.8, 4) is 0 Å². The first kappa shape index (κ1) is 15.7. The van der Waals surface area contributed by atoms with Gasteiger partial charge in [-0.3, -0.25) is 4.79 Å². The third kappa shape index (κ3) is 5.03. The summed E-state index contributed by atoms with van der Waals surface area (Å²) in [5, 5.41) is 6.19. The first-order valence-corrected chi connectivity index (χ1v) is 6.97. The van der Waals surface area contributed by atoms with Gasteiger partial charge in [0, 0.05) is 11.7 Å². The van der Waals surface area contributed by atoms with E-state index in [0.29, 0.717) is 12.6 Å². The summed E-state index contributed by atoms with van der Waals surface area (Å²) in [5.41, 5.74) is 2.09. The molecule has 1 rings (SSSR count). The summed E-state index contributed by atoms with van der Waals surface area (Å²) in [4.78, 5) is 11.9. The highest BCUT2D eigenvalue weighted by Crippen LogP contribution is 2.29. The molecule has 1 unspecified atom stereocenters. The van der Waals surface area contributed by atoms with E-state index in [4.69, 9.17) is 0 Å². The molecule has 3 nitrogen and oxygen atoms in total. The number of nitrogens with one attached hydrogen (secondary N) is 2. The molecular weight excluding hydrogens is 236 g/mol. The molecule has 0 saturated heterocycles. The van der Waals surface area contributed by atoms with Crippen LogP contribution in [0.3, 0.4) is 0 Å². The lowest BCUT2D eigenvalue weighted by molar-refractivity contribution is -0.115. The number of para-hydroxylation sites is 1. The van der Waals surface area contributed by atoms with Crippen LogP contribution < -0.4 is 10.6 Å². The number of hydrogen-bond acceptors (Lipinski definition) is 2. The fourth-order valence-electron chi connectivity index (χ4n) is 1.85. The number of benzene rings is 1. The summed E-state index contributed by atoms with van der Waals surface area (Å²) in [6.45, 7) is 11.0. The van der Waals surface area contributed by atoms with Crippen molar-refractivity contribution in [1.29, 1.82) is 0 Å². The second-order valence-corrected chi connectivity index (χ2v) is 6.03. The van der Waals surface area contributed by atoms with Gasteiger partial charge in [-0.1, -0.05) is 45.9 Å². The summed E-state index contributed by atoms with van der Waals surface area (Å²) >= 11 is 0. The number of anilines is 1. The Morgan fingerprint density at radius 2 is 1.89 bits per heavy atom. The minimum absolute atomic E-state index is 0.0111. The standard InChI is InChI=1S/C16H26N2O/c1-6-12(2)17-11-15(19)18-14-10-8-7-9-13(14)16(3,4)5/h7-10,12,17H,6,11H2,1-5H3,(H,18,19). The fraction of sp³-hybridized carbons (Fsp3) is 0.562. The van der Waals surface area contributed by atoms with E-state index in [1.165, 1.54) is 0 Å². The molecule has 0 aliphatic rings. The lowest BCUT2D eigenvalue weighted by Crippen LogP contribution is -2.34. The Balaban J connectivity index is 2.70. The van der Waals surface area contributed by atoms with E-state index in [9.17, 15) is 4.79 Å². The van der Waals surface area contributed by atoms with Crippen LogP contribution in [0, 0.1) is 0 Å². The van der Waals surface area contributed by atoms with Crippen LogP contribution in [0.15, 0.2) is 24.3 Å². The predicted octanol–water partition coefficient (Wildman–Crippen LogP) is 3.31. The Morgan fingerprint density at radius 1 is 1.26 bits per heavy atom. The molecule has 0 aliphatic heterocycles. The van der Waals surface area contributed by atoms with Crippen molar-refractivity contribution in [1.82, 2.24) is 5.32 Å². The van der Waals surface area contributed by atoms with E-state index in [-0.39, 0.29) is 11.3 Å². The van der Waals surface area contributed by atoms with E-state index >= 15 is 0 Å². The zero-order valence-electron chi connectivity index (χ0n) is 12.7. The lowest BCUT2D eigenvalue weighted by atomic mass is 9.86. The molecule has 2 N–H and O–H groups in total. The van der Waals surface area contributed by atoms with Gasteiger partial charge in [0.25, 0.3) is 0 Å². The van der Waals surface area contributed by atoms with E-state index in [1.54, 1.807) is 0 Å². The molecule has 3 heteroatoms. The van der Waals surface area contributed by atoms with Crippen LogP contribution in [0.4, 0.5) is 5.69 Å². The summed E-state index contributed by atoms with van der Waals surface area (Å²) in [6.07, 6.45) is 1.02. The maximum Gasteiger partial charge on any atom is 0.238 e. The smallest absolute Gasteiger partial charge is 0.238 e. The monoisotopic (exact) mass is 262 g/mol. The van der Waals surface area contributed by atoms with Gasteiger partial charge in [-0.05, 0) is 30.4 Å². The van der Waals surface area contributed by atoms with Crippen LogP contribution in [0.2, 0.25) is 0 Å². The predicted molar refractivity (Wildman–Crippen MR) is 81.5 cm³/mol. The van der Waals surface area contributed by atoms with Crippen molar-refractivity contribution in [2.24, 2.45) is 0 Å². The van der Waals surface area contributed by atoms with Crippen molar-refractivity contribution in [2.45, 2.75) is 52.5 Å². The fourth-order valence-corrected chi connectivity index (χ4v) is 1.85. The molecular formula is C16H26N2O. The zero-order chi connectivity index (χ0) is 14.5. The van der Waals surface area contributed by atoms with Crippen molar-refractivity contribution in [2.75, 3.05) is 11.9 Å². The topological polar surface area (TPSA) is 41.1 Å². The Kier molecular flexibility index (Phi) is 5.55. The minimum Gasteiger partial charge on any atom is -0.325 e. The van der Waals surface area contributed by atoms with Gasteiger partial charge >= 0.3 is 0 Å². The van der Waals surface area contributed by atoms with Gasteiger partial charge in [0.15, 0.2) is 0 Å². The van der Waals surface area contributed by atoms with Gasteiger partial charge in [-0.25, -0.2) is 0 Å². The molecule has 106 valence electrons. The quantitative estimate of drug-likeness (QED) is 0.854. The highest BCUT2D eigenvalue weighted by Gasteiger charge is 2.18. The minimum atomic E-state index is 0.0111. The Labute approximate surface area is 116 Å². The molecule has 0 bridgehead atoms. The molecule has 1 aromatic carbocycles. The molecule has 1 amide bonds. The summed E-state index contributed by atoms with van der Waals surface area (Å²) in [5.74, 6) is 0.0111. The van der Waals surface area contributed by atoms with E-state index < -0.39 is 0 Å². The summed E-state index contributed by atoms with van der Waals surface area (Å²) in [7, 11) is 0. The van der Waals surface area contributed by atoms with Crippen LogP contribution in [-0.4, -0.2) is 18.5 Å². The van der Waals surface area contributed by atoms with Crippen LogP contribution in [-0.2, 0) is 10.2 Å². The van der Waals surface area contributed by atoms with Crippen LogP contribution >= 0.6 is 0 Å². The lowest BCUT2D eigenvalue weighted by Gasteiger charge is -2.23. The first-order valence-electron chi connectivity index (χ1n) is 6.97. The van der Waals surface area contributed by atoms with Gasteiger partial charge in [-0.15, -0.1) is 0 Å². The largest absolute Gasteiger partial charge is 0.325 e. The molecule has 0 heterocycles. The Hall–Kier alpha value is -1.35. The van der Waals surface area contributed by atoms with E-state index in [0.717, 1.165) is 17.7 Å². The molecule has 0 radical (unpaired) electrons. The molecule has 0 fully saturated rings. The maximum atomic E-state index is 11.9. The van der Waals surface area contributed by atoms with Gasteiger partial charge in [0.05, 0.1) is 6.54 Å². The molecule has 19 heavy (non-hydrogen) atoms. The first-order chi connectivity index (χ1) is 8.84. The Bertz CT molecular complexity index is 421. The second-order valence-electron chi connectivity index (χ2n) is 6.03. The normalized spacial score (nSPS) is 13.1. The molecule has 0 aromatic heterocycles. The maximum absolute atomic E-state index is 11.9. The average molecular weight is 262 g/mol. The molecule has 1 atom stereocenters. The van der Waals surface area contributed by atoms with E-state index in [2.05, 4.69) is 51.3 Å². The number of hydrogen-bond donors (Lipinski definition) is 2. The van der Waals surface area contributed by atoms with E-state index in [1.807, 2.05) is 18.2 Å². The number of carbonyl (C=O) groups is 1. The SMILES string of the molecule is CCC(C)NCC(=O)Nc1ccccc1C(C)(C)C. The summed E-state index contributed by atoms with van der Waals surface area (Å²) in [6, 6.07) is 8.35. The third-order valence-corrected chi connectivity index (χ3v) is 3.23. The average Bonchev–Trinajstić information content (AvgIpc) is 2.35. The van der Waals surface area contributed by atoms with Crippen molar-refractivity contribution in [3.05, 3.63) is 29.8 Å². The van der Waals surface area contributed by atoms with Gasteiger partial charge < -0.3 is 10.6 Å². The van der Waals surface area contributed by atoms with Crippen molar-refractivity contribution < 1.29 is 4.79 Å². The van der Waals surface area contributed by atoms with Gasteiger partial charge in [0.2, 0.25) is 5.91 Å².